The Morgan fingerprint density at radius 3 is 2.35 bits per heavy atom. The minimum atomic E-state index is -0.913. The lowest BCUT2D eigenvalue weighted by Gasteiger charge is -2.13. The molecule has 9 heteroatoms. The number of benzene rings is 3. The molecular formula is C25H20BrFN4O3. The Morgan fingerprint density at radius 1 is 0.882 bits per heavy atom. The topological polar surface area (TPSA) is 92.2 Å². The molecule has 0 bridgehead atoms. The van der Waals surface area contributed by atoms with Gasteiger partial charge in [-0.05, 0) is 60.5 Å². The fraction of sp³-hybridized carbons (Fsp3) is 0.0800. The van der Waals surface area contributed by atoms with Crippen LogP contribution in [0.3, 0.4) is 0 Å². The maximum absolute atomic E-state index is 13.2. The number of amides is 3. The van der Waals surface area contributed by atoms with Crippen molar-refractivity contribution in [3.8, 4) is 0 Å². The second-order valence-electron chi connectivity index (χ2n) is 7.46. The molecule has 7 nitrogen and oxygen atoms in total. The molecular weight excluding hydrogens is 503 g/mol. The monoisotopic (exact) mass is 522 g/mol. The van der Waals surface area contributed by atoms with Crippen molar-refractivity contribution >= 4 is 50.2 Å². The third-order valence-electron chi connectivity index (χ3n) is 5.06. The van der Waals surface area contributed by atoms with E-state index in [1.54, 1.807) is 24.3 Å². The van der Waals surface area contributed by atoms with Gasteiger partial charge in [-0.25, -0.2) is 9.07 Å². The highest BCUT2D eigenvalue weighted by molar-refractivity contribution is 9.10. The first-order valence-corrected chi connectivity index (χ1v) is 11.2. The third kappa shape index (κ3) is 5.49. The summed E-state index contributed by atoms with van der Waals surface area (Å²) in [5.74, 6) is -2.70. The maximum Gasteiger partial charge on any atom is 0.328 e. The minimum Gasteiger partial charge on any atom is -0.347 e. The van der Waals surface area contributed by atoms with Crippen LogP contribution in [0.25, 0.3) is 10.9 Å². The summed E-state index contributed by atoms with van der Waals surface area (Å²) < 4.78 is 15.2. The lowest BCUT2D eigenvalue weighted by Crippen LogP contribution is -2.40. The van der Waals surface area contributed by atoms with Crippen LogP contribution in [-0.4, -0.2) is 28.9 Å². The van der Waals surface area contributed by atoms with Gasteiger partial charge in [0.15, 0.2) is 0 Å². The Morgan fingerprint density at radius 2 is 1.62 bits per heavy atom. The van der Waals surface area contributed by atoms with Crippen LogP contribution in [-0.2, 0) is 16.0 Å². The molecule has 34 heavy (non-hydrogen) atoms. The van der Waals surface area contributed by atoms with E-state index in [1.807, 2.05) is 30.3 Å². The van der Waals surface area contributed by atoms with E-state index < -0.39 is 23.5 Å². The number of aromatic nitrogens is 1. The van der Waals surface area contributed by atoms with E-state index in [-0.39, 0.29) is 12.2 Å². The van der Waals surface area contributed by atoms with Crippen molar-refractivity contribution in [2.75, 3.05) is 17.3 Å². The molecule has 0 aliphatic heterocycles. The van der Waals surface area contributed by atoms with Crippen molar-refractivity contribution in [1.82, 2.24) is 9.99 Å². The predicted molar refractivity (Wildman–Crippen MR) is 132 cm³/mol. The molecule has 0 unspecified atom stereocenters. The third-order valence-corrected chi connectivity index (χ3v) is 5.55. The Bertz CT molecular complexity index is 1350. The number of anilines is 1. The lowest BCUT2D eigenvalue weighted by atomic mass is 10.1. The average molecular weight is 523 g/mol. The summed E-state index contributed by atoms with van der Waals surface area (Å²) in [6.45, 7) is 0.285. The predicted octanol–water partition coefficient (Wildman–Crippen LogP) is 4.22. The number of hydrogen-bond donors (Lipinski definition) is 3. The first-order valence-electron chi connectivity index (χ1n) is 10.4. The molecule has 4 rings (SSSR count). The van der Waals surface area contributed by atoms with Crippen molar-refractivity contribution in [3.05, 3.63) is 100 Å². The van der Waals surface area contributed by atoms with E-state index >= 15 is 0 Å². The summed E-state index contributed by atoms with van der Waals surface area (Å²) in [6.07, 6.45) is 0.575. The molecule has 3 N–H and O–H groups in total. The molecule has 172 valence electrons. The van der Waals surface area contributed by atoms with E-state index in [4.69, 9.17) is 0 Å². The second kappa shape index (κ2) is 10.3. The van der Waals surface area contributed by atoms with Crippen LogP contribution in [0, 0.1) is 5.82 Å². The highest BCUT2D eigenvalue weighted by Crippen LogP contribution is 2.24. The van der Waals surface area contributed by atoms with Gasteiger partial charge in [0.2, 0.25) is 0 Å². The second-order valence-corrected chi connectivity index (χ2v) is 8.38. The molecule has 0 atom stereocenters. The Balaban J connectivity index is 1.51. The zero-order valence-electron chi connectivity index (χ0n) is 17.8. The molecule has 0 radical (unpaired) electrons. The first-order chi connectivity index (χ1) is 16.4. The molecule has 3 aromatic carbocycles. The summed E-state index contributed by atoms with van der Waals surface area (Å²) in [5.41, 5.74) is 4.55. The standard InChI is InChI=1S/C25H20BrFN4O3/c26-18-6-11-21-17(14-18)15-22(23(32)29-20-9-7-19(27)8-10-20)31(21)30-25(34)24(33)28-13-12-16-4-2-1-3-5-16/h1-11,14-15H,12-13H2,(H,28,33)(H,29,32)(H,30,34). The highest BCUT2D eigenvalue weighted by Gasteiger charge is 2.21. The van der Waals surface area contributed by atoms with Crippen LogP contribution in [0.1, 0.15) is 16.1 Å². The summed E-state index contributed by atoms with van der Waals surface area (Å²) in [7, 11) is 0. The van der Waals surface area contributed by atoms with Crippen molar-refractivity contribution in [1.29, 1.82) is 0 Å². The van der Waals surface area contributed by atoms with Gasteiger partial charge < -0.3 is 10.6 Å². The molecule has 4 aromatic rings. The van der Waals surface area contributed by atoms with Gasteiger partial charge in [-0.15, -0.1) is 0 Å². The quantitative estimate of drug-likeness (QED) is 0.331. The normalized spacial score (nSPS) is 10.6. The van der Waals surface area contributed by atoms with Gasteiger partial charge in [0.1, 0.15) is 11.5 Å². The van der Waals surface area contributed by atoms with Gasteiger partial charge in [0.25, 0.3) is 5.91 Å². The summed E-state index contributed by atoms with van der Waals surface area (Å²) in [6, 6.07) is 21.7. The smallest absolute Gasteiger partial charge is 0.328 e. The Labute approximate surface area is 203 Å². The van der Waals surface area contributed by atoms with Gasteiger partial charge in [0.05, 0.1) is 5.52 Å². The van der Waals surface area contributed by atoms with E-state index in [1.165, 1.54) is 28.9 Å². The molecule has 0 saturated heterocycles. The molecule has 0 spiro atoms. The van der Waals surface area contributed by atoms with Crippen LogP contribution in [0.15, 0.2) is 83.3 Å². The SMILES string of the molecule is O=C(NCCc1ccccc1)C(=O)Nn1c(C(=O)Nc2ccc(F)cc2)cc2cc(Br)ccc21. The van der Waals surface area contributed by atoms with Gasteiger partial charge in [0, 0.05) is 22.1 Å². The molecule has 0 aliphatic carbocycles. The van der Waals surface area contributed by atoms with Crippen molar-refractivity contribution in [2.45, 2.75) is 6.42 Å². The van der Waals surface area contributed by atoms with Crippen LogP contribution in [0.4, 0.5) is 10.1 Å². The fourth-order valence-corrected chi connectivity index (χ4v) is 3.78. The maximum atomic E-state index is 13.2. The average Bonchev–Trinajstić information content (AvgIpc) is 3.18. The number of carbonyl (C=O) groups excluding carboxylic acids is 3. The van der Waals surface area contributed by atoms with Gasteiger partial charge >= 0.3 is 11.8 Å². The largest absolute Gasteiger partial charge is 0.347 e. The van der Waals surface area contributed by atoms with E-state index in [0.717, 1.165) is 10.0 Å². The van der Waals surface area contributed by atoms with Crippen LogP contribution in [0.2, 0.25) is 0 Å². The van der Waals surface area contributed by atoms with Crippen molar-refractivity contribution < 1.29 is 18.8 Å². The molecule has 0 saturated carbocycles. The number of nitrogens with one attached hydrogen (secondary N) is 3. The summed E-state index contributed by atoms with van der Waals surface area (Å²) in [5, 5.41) is 5.92. The van der Waals surface area contributed by atoms with Crippen molar-refractivity contribution in [3.63, 3.8) is 0 Å². The van der Waals surface area contributed by atoms with Crippen LogP contribution in [0.5, 0.6) is 0 Å². The lowest BCUT2D eigenvalue weighted by molar-refractivity contribution is -0.136. The fourth-order valence-electron chi connectivity index (χ4n) is 3.40. The number of fused-ring (bicyclic) bond motifs is 1. The van der Waals surface area contributed by atoms with E-state index in [2.05, 4.69) is 32.0 Å². The number of halogens is 2. The number of nitrogens with zero attached hydrogens (tertiary/aromatic N) is 1. The molecule has 0 fully saturated rings. The molecule has 1 heterocycles. The summed E-state index contributed by atoms with van der Waals surface area (Å²) >= 11 is 3.39. The van der Waals surface area contributed by atoms with E-state index in [0.29, 0.717) is 23.0 Å². The van der Waals surface area contributed by atoms with Crippen LogP contribution < -0.4 is 16.1 Å². The minimum absolute atomic E-state index is 0.0999. The zero-order valence-corrected chi connectivity index (χ0v) is 19.4. The van der Waals surface area contributed by atoms with Crippen LogP contribution >= 0.6 is 15.9 Å². The molecule has 1 aromatic heterocycles. The molecule has 3 amide bonds. The van der Waals surface area contributed by atoms with Gasteiger partial charge in [-0.3, -0.25) is 19.8 Å². The number of rotatable bonds is 6. The van der Waals surface area contributed by atoms with E-state index in [9.17, 15) is 18.8 Å². The Kier molecular flexibility index (Phi) is 7.03. The summed E-state index contributed by atoms with van der Waals surface area (Å²) in [4.78, 5) is 37.9. The number of carbonyl (C=O) groups is 3. The highest BCUT2D eigenvalue weighted by atomic mass is 79.9. The number of hydrogen-bond acceptors (Lipinski definition) is 3. The first kappa shape index (κ1) is 23.2. The van der Waals surface area contributed by atoms with Crippen molar-refractivity contribution in [2.24, 2.45) is 0 Å². The van der Waals surface area contributed by atoms with Gasteiger partial charge in [-0.2, -0.15) is 0 Å². The zero-order chi connectivity index (χ0) is 24.1. The Hall–Kier alpha value is -3.98. The van der Waals surface area contributed by atoms with Gasteiger partial charge in [-0.1, -0.05) is 46.3 Å². The molecule has 0 aliphatic rings.